The first-order chi connectivity index (χ1) is 13.0. The van der Waals surface area contributed by atoms with Crippen LogP contribution in [0.25, 0.3) is 0 Å². The third kappa shape index (κ3) is 2.75. The van der Waals surface area contributed by atoms with Gasteiger partial charge in [-0.2, -0.15) is 5.26 Å². The zero-order chi connectivity index (χ0) is 19.0. The van der Waals surface area contributed by atoms with Crippen molar-refractivity contribution in [3.05, 3.63) is 59.2 Å². The maximum atomic E-state index is 13.1. The Kier molecular flexibility index (Phi) is 3.96. The van der Waals surface area contributed by atoms with Crippen molar-refractivity contribution in [3.8, 4) is 17.6 Å². The van der Waals surface area contributed by atoms with Crippen molar-refractivity contribution in [2.24, 2.45) is 0 Å². The molecule has 136 valence electrons. The summed E-state index contributed by atoms with van der Waals surface area (Å²) in [5, 5.41) is 12.0. The first kappa shape index (κ1) is 16.9. The van der Waals surface area contributed by atoms with E-state index in [-0.39, 0.29) is 12.5 Å². The molecule has 0 bridgehead atoms. The van der Waals surface area contributed by atoms with E-state index in [9.17, 15) is 14.9 Å². The van der Waals surface area contributed by atoms with Crippen molar-refractivity contribution in [1.29, 1.82) is 5.26 Å². The minimum Gasteiger partial charge on any atom is -0.486 e. The Morgan fingerprint density at radius 1 is 1.15 bits per heavy atom. The molecule has 0 unspecified atom stereocenters. The van der Waals surface area contributed by atoms with Gasteiger partial charge in [0, 0.05) is 0 Å². The second-order valence-corrected chi connectivity index (χ2v) is 6.57. The average molecular weight is 363 g/mol. The number of imide groups is 1. The first-order valence-corrected chi connectivity index (χ1v) is 8.55. The van der Waals surface area contributed by atoms with E-state index in [1.165, 1.54) is 0 Å². The van der Waals surface area contributed by atoms with E-state index < -0.39 is 11.6 Å². The third-order valence-electron chi connectivity index (χ3n) is 4.86. The molecule has 1 N–H and O–H groups in total. The number of amides is 3. The smallest absolute Gasteiger partial charge is 0.325 e. The molecule has 3 amide bonds. The van der Waals surface area contributed by atoms with Gasteiger partial charge in [-0.3, -0.25) is 9.69 Å². The standard InChI is InChI=1S/C20H17N3O4/c1-20(15-6-7-16-17(10-15)27-9-8-26-16)18(24)23(19(25)22-20)12-14-5-3-2-4-13(14)11-21/h2-7,10H,8-9,12H2,1H3,(H,22,25)/t20-/m1/s1. The number of carbonyl (C=O) groups excluding carboxylic acids is 2. The summed E-state index contributed by atoms with van der Waals surface area (Å²) >= 11 is 0. The Labute approximate surface area is 156 Å². The molecule has 4 rings (SSSR count). The van der Waals surface area contributed by atoms with E-state index in [0.717, 1.165) is 4.90 Å². The minimum absolute atomic E-state index is 0.0363. The van der Waals surface area contributed by atoms with E-state index in [1.54, 1.807) is 49.4 Å². The van der Waals surface area contributed by atoms with Gasteiger partial charge in [0.2, 0.25) is 0 Å². The lowest BCUT2D eigenvalue weighted by Gasteiger charge is -2.25. The van der Waals surface area contributed by atoms with Crippen LogP contribution in [0.5, 0.6) is 11.5 Å². The Morgan fingerprint density at radius 3 is 2.67 bits per heavy atom. The number of benzene rings is 2. The highest BCUT2D eigenvalue weighted by Gasteiger charge is 2.49. The van der Waals surface area contributed by atoms with Crippen LogP contribution in [0.3, 0.4) is 0 Å². The maximum absolute atomic E-state index is 13.1. The number of fused-ring (bicyclic) bond motifs is 1. The number of nitriles is 1. The summed E-state index contributed by atoms with van der Waals surface area (Å²) in [6.45, 7) is 2.61. The van der Waals surface area contributed by atoms with Crippen LogP contribution in [0.15, 0.2) is 42.5 Å². The fourth-order valence-electron chi connectivity index (χ4n) is 3.33. The van der Waals surface area contributed by atoms with Crippen LogP contribution < -0.4 is 14.8 Å². The van der Waals surface area contributed by atoms with Gasteiger partial charge in [-0.1, -0.05) is 24.3 Å². The molecule has 0 radical (unpaired) electrons. The fourth-order valence-corrected chi connectivity index (χ4v) is 3.33. The molecule has 27 heavy (non-hydrogen) atoms. The summed E-state index contributed by atoms with van der Waals surface area (Å²) in [6.07, 6.45) is 0. The lowest BCUT2D eigenvalue weighted by molar-refractivity contribution is -0.131. The first-order valence-electron chi connectivity index (χ1n) is 8.55. The topological polar surface area (TPSA) is 91.7 Å². The highest BCUT2D eigenvalue weighted by atomic mass is 16.6. The van der Waals surface area contributed by atoms with Gasteiger partial charge in [-0.05, 0) is 36.2 Å². The van der Waals surface area contributed by atoms with E-state index in [1.807, 2.05) is 0 Å². The second kappa shape index (κ2) is 6.32. The SMILES string of the molecule is C[C@]1(c2ccc3c(c2)OCCO3)NC(=O)N(Cc2ccccc2C#N)C1=O. The Morgan fingerprint density at radius 2 is 1.89 bits per heavy atom. The fraction of sp³-hybridized carbons (Fsp3) is 0.250. The molecule has 1 fully saturated rings. The summed E-state index contributed by atoms with van der Waals surface area (Å²) in [4.78, 5) is 26.8. The van der Waals surface area contributed by atoms with Crippen LogP contribution in [0.1, 0.15) is 23.6 Å². The van der Waals surface area contributed by atoms with Gasteiger partial charge < -0.3 is 14.8 Å². The van der Waals surface area contributed by atoms with E-state index in [2.05, 4.69) is 11.4 Å². The van der Waals surface area contributed by atoms with Crippen molar-refractivity contribution in [2.75, 3.05) is 13.2 Å². The molecule has 2 aliphatic heterocycles. The molecule has 2 aliphatic rings. The summed E-state index contributed by atoms with van der Waals surface area (Å²) in [5.74, 6) is 0.789. The third-order valence-corrected chi connectivity index (χ3v) is 4.86. The second-order valence-electron chi connectivity index (χ2n) is 6.57. The van der Waals surface area contributed by atoms with Gasteiger partial charge >= 0.3 is 6.03 Å². The normalized spacial score (nSPS) is 21.0. The van der Waals surface area contributed by atoms with Gasteiger partial charge in [0.05, 0.1) is 18.2 Å². The molecule has 0 saturated carbocycles. The Hall–Kier alpha value is -3.53. The van der Waals surface area contributed by atoms with E-state index in [0.29, 0.717) is 41.4 Å². The molecular weight excluding hydrogens is 346 g/mol. The summed E-state index contributed by atoms with van der Waals surface area (Å²) < 4.78 is 11.1. The number of hydrogen-bond donors (Lipinski definition) is 1. The molecule has 1 saturated heterocycles. The number of ether oxygens (including phenoxy) is 2. The predicted octanol–water partition coefficient (Wildman–Crippen LogP) is 2.30. The van der Waals surface area contributed by atoms with Gasteiger partial charge in [-0.25, -0.2) is 4.79 Å². The van der Waals surface area contributed by atoms with Crippen LogP contribution in [-0.2, 0) is 16.9 Å². The van der Waals surface area contributed by atoms with E-state index >= 15 is 0 Å². The van der Waals surface area contributed by atoms with Gasteiger partial charge in [0.1, 0.15) is 18.8 Å². The maximum Gasteiger partial charge on any atom is 0.325 e. The predicted molar refractivity (Wildman–Crippen MR) is 95.0 cm³/mol. The van der Waals surface area contributed by atoms with Gasteiger partial charge in [0.15, 0.2) is 11.5 Å². The number of nitrogens with zero attached hydrogens (tertiary/aromatic N) is 2. The minimum atomic E-state index is -1.21. The van der Waals surface area contributed by atoms with Crippen LogP contribution in [0.4, 0.5) is 4.79 Å². The number of urea groups is 1. The van der Waals surface area contributed by atoms with Crippen molar-refractivity contribution in [1.82, 2.24) is 10.2 Å². The highest BCUT2D eigenvalue weighted by Crippen LogP contribution is 2.37. The van der Waals surface area contributed by atoms with Crippen molar-refractivity contribution in [3.63, 3.8) is 0 Å². The molecule has 2 aromatic rings. The number of rotatable bonds is 3. The lowest BCUT2D eigenvalue weighted by atomic mass is 9.91. The van der Waals surface area contributed by atoms with Crippen LogP contribution in [0, 0.1) is 11.3 Å². The average Bonchev–Trinajstić information content (AvgIpc) is 2.92. The Balaban J connectivity index is 1.65. The zero-order valence-corrected chi connectivity index (χ0v) is 14.7. The quantitative estimate of drug-likeness (QED) is 0.845. The zero-order valence-electron chi connectivity index (χ0n) is 14.7. The number of carbonyl (C=O) groups is 2. The van der Waals surface area contributed by atoms with Crippen molar-refractivity contribution >= 4 is 11.9 Å². The van der Waals surface area contributed by atoms with Crippen molar-refractivity contribution in [2.45, 2.75) is 19.0 Å². The number of hydrogen-bond acceptors (Lipinski definition) is 5. The molecule has 7 nitrogen and oxygen atoms in total. The molecule has 1 atom stereocenters. The highest BCUT2D eigenvalue weighted by molar-refractivity contribution is 6.07. The van der Waals surface area contributed by atoms with Gasteiger partial charge in [-0.15, -0.1) is 0 Å². The molecule has 0 aliphatic carbocycles. The largest absolute Gasteiger partial charge is 0.486 e. The van der Waals surface area contributed by atoms with Crippen LogP contribution >= 0.6 is 0 Å². The van der Waals surface area contributed by atoms with Crippen LogP contribution in [-0.4, -0.2) is 30.1 Å². The van der Waals surface area contributed by atoms with E-state index in [4.69, 9.17) is 9.47 Å². The molecule has 2 aromatic carbocycles. The lowest BCUT2D eigenvalue weighted by Crippen LogP contribution is -2.41. The van der Waals surface area contributed by atoms with Crippen LogP contribution in [0.2, 0.25) is 0 Å². The number of nitrogens with one attached hydrogen (secondary N) is 1. The molecule has 0 aromatic heterocycles. The summed E-state index contributed by atoms with van der Waals surface area (Å²) in [7, 11) is 0. The summed E-state index contributed by atoms with van der Waals surface area (Å²) in [5.41, 5.74) is 0.455. The monoisotopic (exact) mass is 363 g/mol. The molecule has 2 heterocycles. The van der Waals surface area contributed by atoms with Crippen molar-refractivity contribution < 1.29 is 19.1 Å². The molecule has 7 heteroatoms. The molecule has 0 spiro atoms. The molecular formula is C20H17N3O4. The summed E-state index contributed by atoms with van der Waals surface area (Å²) in [6, 6.07) is 13.7. The van der Waals surface area contributed by atoms with Gasteiger partial charge in [0.25, 0.3) is 5.91 Å². The Bertz CT molecular complexity index is 981.